The zero-order valence-electron chi connectivity index (χ0n) is 13.6. The number of carbonyl (C=O) groups is 1. The molecule has 1 aromatic heterocycles. The molecule has 0 radical (unpaired) electrons. The van der Waals surface area contributed by atoms with Gasteiger partial charge in [-0.05, 0) is 31.0 Å². The number of imidazole rings is 1. The summed E-state index contributed by atoms with van der Waals surface area (Å²) in [6.45, 7) is 6.42. The van der Waals surface area contributed by atoms with E-state index in [4.69, 9.17) is 9.47 Å². The van der Waals surface area contributed by atoms with Gasteiger partial charge in [-0.1, -0.05) is 6.07 Å². The van der Waals surface area contributed by atoms with E-state index in [0.717, 1.165) is 16.9 Å². The monoisotopic (exact) mass is 317 g/mol. The van der Waals surface area contributed by atoms with Gasteiger partial charge < -0.3 is 19.8 Å². The lowest BCUT2D eigenvalue weighted by atomic mass is 10.1. The van der Waals surface area contributed by atoms with Crippen molar-refractivity contribution >= 4 is 16.9 Å². The van der Waals surface area contributed by atoms with Gasteiger partial charge >= 0.3 is 0 Å². The van der Waals surface area contributed by atoms with Crippen molar-refractivity contribution in [1.82, 2.24) is 15.3 Å². The number of benzene rings is 1. The van der Waals surface area contributed by atoms with Gasteiger partial charge in [0.2, 0.25) is 5.91 Å². The maximum atomic E-state index is 11.9. The normalized spacial score (nSPS) is 18.3. The second-order valence-electron chi connectivity index (χ2n) is 5.96. The third-order valence-corrected chi connectivity index (χ3v) is 4.23. The molecule has 0 unspecified atom stereocenters. The van der Waals surface area contributed by atoms with Crippen LogP contribution in [0.5, 0.6) is 0 Å². The van der Waals surface area contributed by atoms with E-state index in [-0.39, 0.29) is 12.0 Å². The number of aromatic nitrogens is 2. The number of hydrogen-bond acceptors (Lipinski definition) is 4. The minimum atomic E-state index is -0.0375. The van der Waals surface area contributed by atoms with Crippen molar-refractivity contribution in [3.63, 3.8) is 0 Å². The summed E-state index contributed by atoms with van der Waals surface area (Å²) in [6.07, 6.45) is 0.969. The van der Waals surface area contributed by atoms with E-state index in [9.17, 15) is 4.79 Å². The standard InChI is InChI=1S/C17H23N3O3/c1-11-3-4-14-17(12(11)2)20-15(19-14)5-6-16(21)18-9-13-10-22-7-8-23-13/h3-4,13H,5-10H2,1-2H3,(H,18,21)(H,19,20)/t13-/m0/s1. The van der Waals surface area contributed by atoms with Crippen LogP contribution in [0.3, 0.4) is 0 Å². The van der Waals surface area contributed by atoms with Crippen LogP contribution >= 0.6 is 0 Å². The molecule has 1 atom stereocenters. The molecular weight excluding hydrogens is 294 g/mol. The molecule has 6 nitrogen and oxygen atoms in total. The van der Waals surface area contributed by atoms with Gasteiger partial charge in [0, 0.05) is 19.4 Å². The molecule has 1 fully saturated rings. The second-order valence-corrected chi connectivity index (χ2v) is 5.96. The SMILES string of the molecule is Cc1ccc2[nH]c(CCC(=O)NC[C@H]3COCCO3)nc2c1C. The number of rotatable bonds is 5. The smallest absolute Gasteiger partial charge is 0.220 e. The van der Waals surface area contributed by atoms with Crippen LogP contribution in [-0.2, 0) is 20.7 Å². The number of aromatic amines is 1. The highest BCUT2D eigenvalue weighted by molar-refractivity contribution is 5.80. The summed E-state index contributed by atoms with van der Waals surface area (Å²) >= 11 is 0. The molecule has 0 bridgehead atoms. The summed E-state index contributed by atoms with van der Waals surface area (Å²) in [5, 5.41) is 2.89. The Kier molecular flexibility index (Phi) is 4.93. The average molecular weight is 317 g/mol. The zero-order valence-corrected chi connectivity index (χ0v) is 13.6. The van der Waals surface area contributed by atoms with Gasteiger partial charge in [0.1, 0.15) is 5.82 Å². The minimum absolute atomic E-state index is 0.00697. The third kappa shape index (κ3) is 3.89. The van der Waals surface area contributed by atoms with Crippen molar-refractivity contribution in [3.05, 3.63) is 29.1 Å². The Balaban J connectivity index is 1.51. The van der Waals surface area contributed by atoms with Crippen LogP contribution in [0, 0.1) is 13.8 Å². The molecular formula is C17H23N3O3. The fraction of sp³-hybridized carbons (Fsp3) is 0.529. The van der Waals surface area contributed by atoms with Crippen LogP contribution in [0.1, 0.15) is 23.4 Å². The molecule has 6 heteroatoms. The first-order valence-corrected chi connectivity index (χ1v) is 8.04. The molecule has 2 heterocycles. The van der Waals surface area contributed by atoms with Gasteiger partial charge in [-0.3, -0.25) is 4.79 Å². The van der Waals surface area contributed by atoms with E-state index in [1.165, 1.54) is 11.1 Å². The summed E-state index contributed by atoms with van der Waals surface area (Å²) in [4.78, 5) is 19.8. The Morgan fingerprint density at radius 3 is 3.04 bits per heavy atom. The van der Waals surface area contributed by atoms with E-state index >= 15 is 0 Å². The number of amides is 1. The first kappa shape index (κ1) is 16.0. The van der Waals surface area contributed by atoms with Crippen molar-refractivity contribution < 1.29 is 14.3 Å². The molecule has 124 valence electrons. The van der Waals surface area contributed by atoms with Crippen molar-refractivity contribution in [3.8, 4) is 0 Å². The number of aryl methyl sites for hydroxylation is 3. The molecule has 0 aliphatic carbocycles. The lowest BCUT2D eigenvalue weighted by molar-refractivity contribution is -0.123. The van der Waals surface area contributed by atoms with Gasteiger partial charge in [-0.25, -0.2) is 4.98 Å². The van der Waals surface area contributed by atoms with Gasteiger partial charge in [0.05, 0.1) is 37.0 Å². The van der Waals surface area contributed by atoms with E-state index in [1.54, 1.807) is 0 Å². The first-order valence-electron chi connectivity index (χ1n) is 8.04. The molecule has 1 saturated heterocycles. The molecule has 23 heavy (non-hydrogen) atoms. The summed E-state index contributed by atoms with van der Waals surface area (Å²) in [5.74, 6) is 0.855. The highest BCUT2D eigenvalue weighted by Crippen LogP contribution is 2.19. The maximum absolute atomic E-state index is 11.9. The van der Waals surface area contributed by atoms with E-state index < -0.39 is 0 Å². The third-order valence-electron chi connectivity index (χ3n) is 4.23. The molecule has 1 aliphatic rings. The number of nitrogens with zero attached hydrogens (tertiary/aromatic N) is 1. The van der Waals surface area contributed by atoms with Gasteiger partial charge in [0.15, 0.2) is 0 Å². The van der Waals surface area contributed by atoms with Gasteiger partial charge in [-0.2, -0.15) is 0 Å². The fourth-order valence-electron chi connectivity index (χ4n) is 2.69. The number of fused-ring (bicyclic) bond motifs is 1. The summed E-state index contributed by atoms with van der Waals surface area (Å²) in [7, 11) is 0. The topological polar surface area (TPSA) is 76.2 Å². The second kappa shape index (κ2) is 7.10. The van der Waals surface area contributed by atoms with Crippen molar-refractivity contribution in [2.24, 2.45) is 0 Å². The Morgan fingerprint density at radius 2 is 2.26 bits per heavy atom. The van der Waals surface area contributed by atoms with Crippen LogP contribution in [0.25, 0.3) is 11.0 Å². The predicted octanol–water partition coefficient (Wildman–Crippen LogP) is 1.64. The fourth-order valence-corrected chi connectivity index (χ4v) is 2.69. The Bertz CT molecular complexity index is 690. The highest BCUT2D eigenvalue weighted by Gasteiger charge is 2.15. The highest BCUT2D eigenvalue weighted by atomic mass is 16.6. The Labute approximate surface area is 135 Å². The van der Waals surface area contributed by atoms with Gasteiger partial charge in [-0.15, -0.1) is 0 Å². The van der Waals surface area contributed by atoms with Crippen LogP contribution < -0.4 is 5.32 Å². The molecule has 2 N–H and O–H groups in total. The zero-order chi connectivity index (χ0) is 16.2. The number of H-pyrrole nitrogens is 1. The van der Waals surface area contributed by atoms with E-state index in [1.807, 2.05) is 6.07 Å². The number of hydrogen-bond donors (Lipinski definition) is 2. The van der Waals surface area contributed by atoms with Crippen molar-refractivity contribution in [1.29, 1.82) is 0 Å². The summed E-state index contributed by atoms with van der Waals surface area (Å²) < 4.78 is 10.8. The van der Waals surface area contributed by atoms with Crippen LogP contribution in [-0.4, -0.2) is 48.3 Å². The quantitative estimate of drug-likeness (QED) is 0.879. The molecule has 1 aromatic carbocycles. The molecule has 0 saturated carbocycles. The Morgan fingerprint density at radius 1 is 1.39 bits per heavy atom. The van der Waals surface area contributed by atoms with E-state index in [2.05, 4.69) is 35.2 Å². The van der Waals surface area contributed by atoms with Crippen LogP contribution in [0.4, 0.5) is 0 Å². The lowest BCUT2D eigenvalue weighted by Crippen LogP contribution is -2.39. The van der Waals surface area contributed by atoms with Crippen molar-refractivity contribution in [2.75, 3.05) is 26.4 Å². The minimum Gasteiger partial charge on any atom is -0.376 e. The van der Waals surface area contributed by atoms with Crippen LogP contribution in [0.2, 0.25) is 0 Å². The summed E-state index contributed by atoms with van der Waals surface area (Å²) in [5.41, 5.74) is 4.43. The molecule has 1 amide bonds. The Hall–Kier alpha value is -1.92. The molecule has 0 spiro atoms. The molecule has 2 aromatic rings. The predicted molar refractivity (Wildman–Crippen MR) is 87.5 cm³/mol. The summed E-state index contributed by atoms with van der Waals surface area (Å²) in [6, 6.07) is 4.12. The number of nitrogens with one attached hydrogen (secondary N) is 2. The number of carbonyl (C=O) groups excluding carboxylic acids is 1. The average Bonchev–Trinajstić information content (AvgIpc) is 2.99. The maximum Gasteiger partial charge on any atom is 0.220 e. The first-order chi connectivity index (χ1) is 11.1. The number of ether oxygens (including phenoxy) is 2. The lowest BCUT2D eigenvalue weighted by Gasteiger charge is -2.23. The van der Waals surface area contributed by atoms with Crippen molar-refractivity contribution in [2.45, 2.75) is 32.8 Å². The molecule has 1 aliphatic heterocycles. The van der Waals surface area contributed by atoms with Gasteiger partial charge in [0.25, 0.3) is 0 Å². The largest absolute Gasteiger partial charge is 0.376 e. The van der Waals surface area contributed by atoms with E-state index in [0.29, 0.717) is 39.2 Å². The van der Waals surface area contributed by atoms with Crippen LogP contribution in [0.15, 0.2) is 12.1 Å². The molecule has 3 rings (SSSR count).